The summed E-state index contributed by atoms with van der Waals surface area (Å²) in [5.74, 6) is -1.11. The molecule has 1 aliphatic rings. The molecule has 0 bridgehead atoms. The van der Waals surface area contributed by atoms with E-state index in [9.17, 15) is 8.78 Å². The second-order valence-corrected chi connectivity index (χ2v) is 11.0. The van der Waals surface area contributed by atoms with Gasteiger partial charge in [0.05, 0.1) is 6.61 Å². The van der Waals surface area contributed by atoms with Gasteiger partial charge in [-0.1, -0.05) is 84.6 Å². The first-order chi connectivity index (χ1) is 17.9. The van der Waals surface area contributed by atoms with E-state index in [1.807, 2.05) is 12.1 Å². The van der Waals surface area contributed by atoms with Gasteiger partial charge >= 0.3 is 0 Å². The monoisotopic (exact) mass is 517 g/mol. The van der Waals surface area contributed by atoms with Crippen LogP contribution in [-0.4, -0.2) is 11.6 Å². The maximum absolute atomic E-state index is 15.2. The molecule has 0 aliphatic heterocycles. The maximum atomic E-state index is 15.2. The number of hydrogen-bond donors (Lipinski definition) is 0. The van der Waals surface area contributed by atoms with Gasteiger partial charge in [0.15, 0.2) is 17.4 Å². The molecule has 0 spiro atoms. The molecule has 0 amide bonds. The van der Waals surface area contributed by atoms with Crippen LogP contribution in [-0.2, 0) is 19.3 Å². The third-order valence-electron chi connectivity index (χ3n) is 8.03. The van der Waals surface area contributed by atoms with Crippen LogP contribution >= 0.6 is 0 Å². The Morgan fingerprint density at radius 3 is 2.49 bits per heavy atom. The number of nitrogens with zero attached hydrogens (tertiary/aromatic N) is 1. The van der Waals surface area contributed by atoms with Crippen LogP contribution in [0.15, 0.2) is 18.2 Å². The van der Waals surface area contributed by atoms with E-state index in [0.29, 0.717) is 54.7 Å². The average Bonchev–Trinajstić information content (AvgIpc) is 2.89. The van der Waals surface area contributed by atoms with Crippen molar-refractivity contribution in [2.75, 3.05) is 6.61 Å². The average molecular weight is 518 g/mol. The molecule has 1 aromatic carbocycles. The number of benzene rings is 1. The fraction of sp³-hybridized carbons (Fsp3) is 0.656. The summed E-state index contributed by atoms with van der Waals surface area (Å²) >= 11 is 0. The molecule has 37 heavy (non-hydrogen) atoms. The topological polar surface area (TPSA) is 22.1 Å². The quantitative estimate of drug-likeness (QED) is 0.163. The molecule has 206 valence electrons. The minimum absolute atomic E-state index is 0.0398. The van der Waals surface area contributed by atoms with Crippen molar-refractivity contribution in [1.29, 1.82) is 0 Å². The number of hydrogen-bond acceptors (Lipinski definition) is 2. The summed E-state index contributed by atoms with van der Waals surface area (Å²) in [6.45, 7) is 7.00. The van der Waals surface area contributed by atoms with Crippen molar-refractivity contribution in [1.82, 2.24) is 4.98 Å². The second-order valence-electron chi connectivity index (χ2n) is 11.0. The van der Waals surface area contributed by atoms with E-state index in [2.05, 4.69) is 25.8 Å². The number of pyridine rings is 1. The first-order valence-corrected chi connectivity index (χ1v) is 14.7. The summed E-state index contributed by atoms with van der Waals surface area (Å²) in [7, 11) is 0. The fourth-order valence-electron chi connectivity index (χ4n) is 5.35. The van der Waals surface area contributed by atoms with Gasteiger partial charge in [0.1, 0.15) is 0 Å². The summed E-state index contributed by atoms with van der Waals surface area (Å²) in [5.41, 5.74) is 2.50. The standard InChI is InChI=1S/C32H46F3NO/c1-4-6-7-12-15-24-17-19-29(36-32(24)35)25-16-18-27-26(21-25)22-28(33)31(30(27)34)37-20-13-10-8-9-11-14-23(3)5-2/h17,19,22-23,25H,4-16,18,20-21H2,1-3H3. The Hall–Kier alpha value is -2.04. The Balaban J connectivity index is 1.51. The molecule has 2 aromatic rings. The molecule has 1 heterocycles. The van der Waals surface area contributed by atoms with Crippen molar-refractivity contribution < 1.29 is 17.9 Å². The summed E-state index contributed by atoms with van der Waals surface area (Å²) in [6, 6.07) is 5.14. The largest absolute Gasteiger partial charge is 0.488 e. The third-order valence-corrected chi connectivity index (χ3v) is 8.03. The lowest BCUT2D eigenvalue weighted by molar-refractivity contribution is 0.272. The highest BCUT2D eigenvalue weighted by atomic mass is 19.1. The maximum Gasteiger partial charge on any atom is 0.216 e. The molecule has 1 aromatic heterocycles. The van der Waals surface area contributed by atoms with E-state index in [4.69, 9.17) is 4.74 Å². The molecule has 3 rings (SSSR count). The molecule has 2 nitrogen and oxygen atoms in total. The van der Waals surface area contributed by atoms with Gasteiger partial charge in [-0.3, -0.25) is 0 Å². The van der Waals surface area contributed by atoms with Crippen LogP contribution in [0, 0.1) is 23.5 Å². The summed E-state index contributed by atoms with van der Waals surface area (Å²) in [6.07, 6.45) is 14.6. The van der Waals surface area contributed by atoms with E-state index < -0.39 is 17.6 Å². The van der Waals surface area contributed by atoms with Crippen molar-refractivity contribution in [2.24, 2.45) is 5.92 Å². The van der Waals surface area contributed by atoms with Gasteiger partial charge in [0, 0.05) is 17.2 Å². The molecule has 0 saturated heterocycles. The van der Waals surface area contributed by atoms with Crippen LogP contribution in [0.1, 0.15) is 126 Å². The Kier molecular flexibility index (Phi) is 12.3. The van der Waals surface area contributed by atoms with Gasteiger partial charge < -0.3 is 4.74 Å². The van der Waals surface area contributed by atoms with Crippen molar-refractivity contribution >= 4 is 0 Å². The zero-order valence-corrected chi connectivity index (χ0v) is 23.2. The van der Waals surface area contributed by atoms with Crippen molar-refractivity contribution in [3.63, 3.8) is 0 Å². The van der Waals surface area contributed by atoms with E-state index in [1.165, 1.54) is 31.7 Å². The fourth-order valence-corrected chi connectivity index (χ4v) is 5.35. The second kappa shape index (κ2) is 15.4. The van der Waals surface area contributed by atoms with Crippen LogP contribution in [0.5, 0.6) is 5.75 Å². The normalized spacial score (nSPS) is 16.0. The molecule has 0 saturated carbocycles. The Morgan fingerprint density at radius 1 is 0.973 bits per heavy atom. The highest BCUT2D eigenvalue weighted by molar-refractivity contribution is 5.42. The predicted molar refractivity (Wildman–Crippen MR) is 146 cm³/mol. The number of unbranched alkanes of at least 4 members (excludes halogenated alkanes) is 7. The number of aromatic nitrogens is 1. The van der Waals surface area contributed by atoms with Crippen molar-refractivity contribution in [3.8, 4) is 5.75 Å². The first-order valence-electron chi connectivity index (χ1n) is 14.7. The van der Waals surface area contributed by atoms with Crippen LogP contribution in [0.25, 0.3) is 0 Å². The minimum atomic E-state index is -0.646. The zero-order valence-electron chi connectivity index (χ0n) is 23.2. The van der Waals surface area contributed by atoms with Crippen LogP contribution in [0.3, 0.4) is 0 Å². The zero-order chi connectivity index (χ0) is 26.6. The minimum Gasteiger partial charge on any atom is -0.488 e. The first kappa shape index (κ1) is 29.5. The molecule has 2 atom stereocenters. The van der Waals surface area contributed by atoms with Gasteiger partial charge in [-0.05, 0) is 67.7 Å². The van der Waals surface area contributed by atoms with Gasteiger partial charge in [-0.25, -0.2) is 13.8 Å². The molecule has 0 N–H and O–H groups in total. The van der Waals surface area contributed by atoms with Crippen LogP contribution < -0.4 is 4.74 Å². The number of halogens is 3. The SMILES string of the molecule is CCCCCCc1ccc(C2CCc3c(cc(F)c(OCCCCCCCC(C)CC)c3F)C2)nc1F. The van der Waals surface area contributed by atoms with Crippen molar-refractivity contribution in [2.45, 2.75) is 123 Å². The molecular formula is C32H46F3NO. The Labute approximate surface area is 222 Å². The molecular weight excluding hydrogens is 471 g/mol. The van der Waals surface area contributed by atoms with E-state index in [0.717, 1.165) is 50.9 Å². The van der Waals surface area contributed by atoms with E-state index in [-0.39, 0.29) is 11.7 Å². The van der Waals surface area contributed by atoms with Gasteiger partial charge in [0.2, 0.25) is 5.95 Å². The number of ether oxygens (including phenoxy) is 1. The van der Waals surface area contributed by atoms with Gasteiger partial charge in [0.25, 0.3) is 0 Å². The Bertz CT molecular complexity index is 977. The summed E-state index contributed by atoms with van der Waals surface area (Å²) in [4.78, 5) is 4.24. The number of rotatable bonds is 16. The van der Waals surface area contributed by atoms with E-state index in [1.54, 1.807) is 0 Å². The molecule has 0 fully saturated rings. The molecule has 2 unspecified atom stereocenters. The van der Waals surface area contributed by atoms with Gasteiger partial charge in [-0.15, -0.1) is 0 Å². The number of aryl methyl sites for hydroxylation is 1. The third kappa shape index (κ3) is 8.75. The smallest absolute Gasteiger partial charge is 0.216 e. The Morgan fingerprint density at radius 2 is 1.73 bits per heavy atom. The number of fused-ring (bicyclic) bond motifs is 1. The van der Waals surface area contributed by atoms with Crippen LogP contribution in [0.2, 0.25) is 0 Å². The molecule has 1 aliphatic carbocycles. The lowest BCUT2D eigenvalue weighted by Gasteiger charge is -2.26. The lowest BCUT2D eigenvalue weighted by Crippen LogP contribution is -2.17. The van der Waals surface area contributed by atoms with Crippen molar-refractivity contribution in [3.05, 3.63) is 58.2 Å². The van der Waals surface area contributed by atoms with Crippen LogP contribution in [0.4, 0.5) is 13.2 Å². The summed E-state index contributed by atoms with van der Waals surface area (Å²) in [5, 5.41) is 0. The molecule has 5 heteroatoms. The summed E-state index contributed by atoms with van der Waals surface area (Å²) < 4.78 is 50.2. The van der Waals surface area contributed by atoms with E-state index >= 15 is 4.39 Å². The lowest BCUT2D eigenvalue weighted by atomic mass is 9.81. The highest BCUT2D eigenvalue weighted by Gasteiger charge is 2.28. The highest BCUT2D eigenvalue weighted by Crippen LogP contribution is 2.37. The van der Waals surface area contributed by atoms with Gasteiger partial charge in [-0.2, -0.15) is 4.39 Å². The molecule has 0 radical (unpaired) electrons. The predicted octanol–water partition coefficient (Wildman–Crippen LogP) is 9.66.